The van der Waals surface area contributed by atoms with E-state index in [0.717, 1.165) is 0 Å². The second kappa shape index (κ2) is 9.69. The zero-order valence-corrected chi connectivity index (χ0v) is 15.9. The largest absolute Gasteiger partial charge is 0.495 e. The Kier molecular flexibility index (Phi) is 7.32. The Bertz CT molecular complexity index is 956. The smallest absolute Gasteiger partial charge is 0.326 e. The molecule has 0 atom stereocenters. The third kappa shape index (κ3) is 6.04. The summed E-state index contributed by atoms with van der Waals surface area (Å²) in [5, 5.41) is 6.95. The van der Waals surface area contributed by atoms with Crippen molar-refractivity contribution in [2.45, 2.75) is 6.42 Å². The van der Waals surface area contributed by atoms with Crippen molar-refractivity contribution in [1.82, 2.24) is 5.32 Å². The minimum absolute atomic E-state index is 0.110. The fourth-order valence-corrected chi connectivity index (χ4v) is 2.50. The normalized spacial score (nSPS) is 10.2. The Hall–Kier alpha value is -3.40. The van der Waals surface area contributed by atoms with Gasteiger partial charge in [-0.05, 0) is 30.3 Å². The maximum atomic E-state index is 13.3. The highest BCUT2D eigenvalue weighted by Crippen LogP contribution is 2.28. The van der Waals surface area contributed by atoms with Gasteiger partial charge in [0.05, 0.1) is 23.4 Å². The molecule has 8 nitrogen and oxygen atoms in total. The van der Waals surface area contributed by atoms with Crippen LogP contribution in [0.1, 0.15) is 16.8 Å². The topological polar surface area (TPSA) is 123 Å². The number of amides is 4. The first-order valence-electron chi connectivity index (χ1n) is 8.18. The lowest BCUT2D eigenvalue weighted by atomic mass is 10.2. The van der Waals surface area contributed by atoms with Crippen LogP contribution in [0, 0.1) is 11.6 Å². The van der Waals surface area contributed by atoms with Crippen LogP contribution in [-0.4, -0.2) is 31.5 Å². The molecular weight excluding hydrogens is 410 g/mol. The number of nitrogens with one attached hydrogen (secondary N) is 3. The Morgan fingerprint density at radius 1 is 1.14 bits per heavy atom. The van der Waals surface area contributed by atoms with E-state index < -0.39 is 35.0 Å². The van der Waals surface area contributed by atoms with E-state index in [1.165, 1.54) is 13.2 Å². The molecule has 29 heavy (non-hydrogen) atoms. The van der Waals surface area contributed by atoms with Crippen LogP contribution in [0.4, 0.5) is 25.0 Å². The first kappa shape index (κ1) is 21.9. The molecule has 4 amide bonds. The number of benzene rings is 2. The van der Waals surface area contributed by atoms with Crippen molar-refractivity contribution in [2.24, 2.45) is 5.73 Å². The van der Waals surface area contributed by atoms with Crippen molar-refractivity contribution in [2.75, 3.05) is 24.3 Å². The fraction of sp³-hybridized carbons (Fsp3) is 0.167. The van der Waals surface area contributed by atoms with E-state index in [1.54, 1.807) is 12.1 Å². The molecule has 5 N–H and O–H groups in total. The molecule has 0 saturated carbocycles. The number of primary amides is 1. The minimum atomic E-state index is -1.28. The molecular formula is C18H17ClF2N4O4. The summed E-state index contributed by atoms with van der Waals surface area (Å²) in [6.07, 6.45) is 0.110. The molecule has 0 fully saturated rings. The summed E-state index contributed by atoms with van der Waals surface area (Å²) in [4.78, 5) is 35.1. The standard InChI is InChI=1S/C18H17ClF2N4O4/c1-29-15-3-2-9(23-5-4-16(22)26)6-14(15)24-18(28)25-17(27)10-7-12(20)13(21)8-11(10)19/h2-3,6-8,23H,4-5H2,1H3,(H2,22,26)(H2,24,25,27,28). The Labute approximate surface area is 169 Å². The first-order valence-corrected chi connectivity index (χ1v) is 8.56. The number of hydrogen-bond donors (Lipinski definition) is 4. The van der Waals surface area contributed by atoms with E-state index in [4.69, 9.17) is 22.1 Å². The van der Waals surface area contributed by atoms with Gasteiger partial charge < -0.3 is 21.1 Å². The summed E-state index contributed by atoms with van der Waals surface area (Å²) in [5.41, 5.74) is 5.42. The fourth-order valence-electron chi connectivity index (χ4n) is 2.27. The number of anilines is 2. The van der Waals surface area contributed by atoms with Gasteiger partial charge in [0.25, 0.3) is 5.91 Å². The molecule has 154 valence electrons. The average Bonchev–Trinajstić information content (AvgIpc) is 2.64. The number of imide groups is 1. The number of hydrogen-bond acceptors (Lipinski definition) is 5. The number of urea groups is 1. The SMILES string of the molecule is COc1ccc(NCCC(N)=O)cc1NC(=O)NC(=O)c1cc(F)c(F)cc1Cl. The zero-order chi connectivity index (χ0) is 21.6. The van der Waals surface area contributed by atoms with E-state index in [-0.39, 0.29) is 23.7 Å². The van der Waals surface area contributed by atoms with Gasteiger partial charge in [0.2, 0.25) is 5.91 Å². The van der Waals surface area contributed by atoms with Gasteiger partial charge in [-0.25, -0.2) is 13.6 Å². The van der Waals surface area contributed by atoms with Crippen LogP contribution < -0.4 is 26.4 Å². The van der Waals surface area contributed by atoms with Gasteiger partial charge in [0.1, 0.15) is 5.75 Å². The molecule has 0 aromatic heterocycles. The maximum absolute atomic E-state index is 13.3. The summed E-state index contributed by atoms with van der Waals surface area (Å²) >= 11 is 5.72. The van der Waals surface area contributed by atoms with Gasteiger partial charge in [-0.1, -0.05) is 11.6 Å². The molecule has 0 aliphatic carbocycles. The number of rotatable bonds is 7. The van der Waals surface area contributed by atoms with E-state index in [9.17, 15) is 23.2 Å². The van der Waals surface area contributed by atoms with Gasteiger partial charge in [0.15, 0.2) is 11.6 Å². The molecule has 0 aliphatic heterocycles. The lowest BCUT2D eigenvalue weighted by Crippen LogP contribution is -2.34. The molecule has 2 aromatic carbocycles. The van der Waals surface area contributed by atoms with Crippen LogP contribution in [0.2, 0.25) is 5.02 Å². The highest BCUT2D eigenvalue weighted by atomic mass is 35.5. The third-order valence-electron chi connectivity index (χ3n) is 3.63. The van der Waals surface area contributed by atoms with E-state index in [2.05, 4.69) is 10.6 Å². The number of methoxy groups -OCH3 is 1. The Morgan fingerprint density at radius 2 is 1.83 bits per heavy atom. The molecule has 0 heterocycles. The second-order valence-corrected chi connectivity index (χ2v) is 6.12. The monoisotopic (exact) mass is 426 g/mol. The molecule has 0 unspecified atom stereocenters. The molecule has 0 saturated heterocycles. The van der Waals surface area contributed by atoms with E-state index >= 15 is 0 Å². The molecule has 0 spiro atoms. The quantitative estimate of drug-likeness (QED) is 0.507. The highest BCUT2D eigenvalue weighted by molar-refractivity contribution is 6.34. The van der Waals surface area contributed by atoms with Crippen molar-refractivity contribution >= 4 is 40.8 Å². The van der Waals surface area contributed by atoms with Gasteiger partial charge in [-0.15, -0.1) is 0 Å². The van der Waals surface area contributed by atoms with Crippen LogP contribution in [-0.2, 0) is 4.79 Å². The lowest BCUT2D eigenvalue weighted by Gasteiger charge is -2.13. The summed E-state index contributed by atoms with van der Waals surface area (Å²) in [6.45, 7) is 0.278. The van der Waals surface area contributed by atoms with Crippen molar-refractivity contribution in [3.05, 3.63) is 52.6 Å². The van der Waals surface area contributed by atoms with Crippen LogP contribution in [0.5, 0.6) is 5.75 Å². The van der Waals surface area contributed by atoms with Crippen LogP contribution in [0.25, 0.3) is 0 Å². The van der Waals surface area contributed by atoms with Crippen molar-refractivity contribution in [3.63, 3.8) is 0 Å². The summed E-state index contributed by atoms with van der Waals surface area (Å²) in [7, 11) is 1.38. The summed E-state index contributed by atoms with van der Waals surface area (Å²) < 4.78 is 31.6. The van der Waals surface area contributed by atoms with E-state index in [0.29, 0.717) is 23.6 Å². The predicted molar refractivity (Wildman–Crippen MR) is 103 cm³/mol. The molecule has 2 rings (SSSR count). The maximum Gasteiger partial charge on any atom is 0.326 e. The van der Waals surface area contributed by atoms with Crippen molar-refractivity contribution < 1.29 is 27.9 Å². The van der Waals surface area contributed by atoms with Crippen LogP contribution in [0.15, 0.2) is 30.3 Å². The molecule has 0 aliphatic rings. The van der Waals surface area contributed by atoms with Gasteiger partial charge in [-0.2, -0.15) is 0 Å². The number of carbonyl (C=O) groups is 3. The first-order chi connectivity index (χ1) is 13.7. The Balaban J connectivity index is 2.10. The number of nitrogens with two attached hydrogens (primary N) is 1. The average molecular weight is 427 g/mol. The number of halogens is 3. The molecule has 0 radical (unpaired) electrons. The third-order valence-corrected chi connectivity index (χ3v) is 3.94. The predicted octanol–water partition coefficient (Wildman–Crippen LogP) is 2.88. The van der Waals surface area contributed by atoms with Gasteiger partial charge in [0, 0.05) is 18.7 Å². The van der Waals surface area contributed by atoms with Gasteiger partial charge in [-0.3, -0.25) is 14.9 Å². The number of ether oxygens (including phenoxy) is 1. The van der Waals surface area contributed by atoms with E-state index in [1.807, 2.05) is 5.32 Å². The highest BCUT2D eigenvalue weighted by Gasteiger charge is 2.18. The zero-order valence-electron chi connectivity index (χ0n) is 15.1. The van der Waals surface area contributed by atoms with Crippen LogP contribution >= 0.6 is 11.6 Å². The summed E-state index contributed by atoms with van der Waals surface area (Å²) in [5.74, 6) is -3.71. The van der Waals surface area contributed by atoms with Crippen molar-refractivity contribution in [1.29, 1.82) is 0 Å². The lowest BCUT2D eigenvalue weighted by molar-refractivity contribution is -0.117. The van der Waals surface area contributed by atoms with Gasteiger partial charge >= 0.3 is 6.03 Å². The van der Waals surface area contributed by atoms with Crippen molar-refractivity contribution in [3.8, 4) is 5.75 Å². The summed E-state index contributed by atoms with van der Waals surface area (Å²) in [6, 6.07) is 4.97. The minimum Gasteiger partial charge on any atom is -0.495 e. The molecule has 2 aromatic rings. The Morgan fingerprint density at radius 3 is 2.48 bits per heavy atom. The second-order valence-electron chi connectivity index (χ2n) is 5.71. The van der Waals surface area contributed by atoms with Crippen LogP contribution in [0.3, 0.4) is 0 Å². The number of carbonyl (C=O) groups excluding carboxylic acids is 3. The molecule has 11 heteroatoms. The molecule has 0 bridgehead atoms.